The van der Waals surface area contributed by atoms with Crippen LogP contribution in [0.4, 0.5) is 11.5 Å². The third kappa shape index (κ3) is 5.72. The van der Waals surface area contributed by atoms with Gasteiger partial charge in [-0.1, -0.05) is 60.7 Å². The van der Waals surface area contributed by atoms with E-state index in [1.165, 1.54) is 0 Å². The molecule has 0 atom stereocenters. The molecule has 1 fully saturated rings. The summed E-state index contributed by atoms with van der Waals surface area (Å²) in [6.45, 7) is 2.37. The number of benzene rings is 3. The standard InChI is InChI=1S/C38H32N6O4/c1-46-31-20-28-29(21-32(31)47-23-24-8-4-2-5-9-24)39-17-14-30(28)48-27-12-13-33(40-22-27)41-38(45)37-42-34(25-10-6-3-7-11-25)36-35(43-37)26-15-18-44(36)19-16-26/h2-14,17,20-22,26H,15-16,18-19,23H2,1H3,(H,40,41,45). The number of nitrogens with zero attached hydrogens (tertiary/aromatic N) is 5. The molecule has 48 heavy (non-hydrogen) atoms. The summed E-state index contributed by atoms with van der Waals surface area (Å²) < 4.78 is 17.9. The van der Waals surface area contributed by atoms with E-state index in [0.717, 1.165) is 59.5 Å². The topological polar surface area (TPSA) is 112 Å². The maximum Gasteiger partial charge on any atom is 0.294 e. The number of methoxy groups -OCH3 is 1. The first kappa shape index (κ1) is 29.4. The first-order valence-electron chi connectivity index (χ1n) is 15.9. The van der Waals surface area contributed by atoms with Gasteiger partial charge in [-0.25, -0.2) is 15.0 Å². The SMILES string of the molecule is COc1cc2c(Oc3ccc(NC(=O)c4nc(-c5ccccc5)c5c(n4)C4CCN5CC4)nc3)ccnc2cc1OCc1ccccc1. The molecule has 0 unspecified atom stereocenters. The van der Waals surface area contributed by atoms with Crippen LogP contribution in [0, 0.1) is 0 Å². The van der Waals surface area contributed by atoms with Gasteiger partial charge in [-0.05, 0) is 42.7 Å². The first-order chi connectivity index (χ1) is 23.6. The number of carbonyl (C=O) groups excluding carboxylic acids is 1. The van der Waals surface area contributed by atoms with Crippen molar-refractivity contribution >= 4 is 28.3 Å². The van der Waals surface area contributed by atoms with Gasteiger partial charge < -0.3 is 24.4 Å². The van der Waals surface area contributed by atoms with Crippen LogP contribution in [-0.4, -0.2) is 46.0 Å². The van der Waals surface area contributed by atoms with Crippen LogP contribution in [0.5, 0.6) is 23.0 Å². The zero-order chi connectivity index (χ0) is 32.5. The number of hydrogen-bond acceptors (Lipinski definition) is 9. The van der Waals surface area contributed by atoms with Crippen molar-refractivity contribution in [3.05, 3.63) is 120 Å². The van der Waals surface area contributed by atoms with E-state index in [9.17, 15) is 4.79 Å². The largest absolute Gasteiger partial charge is 0.493 e. The summed E-state index contributed by atoms with van der Waals surface area (Å²) in [4.78, 5) is 34.4. The van der Waals surface area contributed by atoms with Crippen molar-refractivity contribution in [2.75, 3.05) is 30.4 Å². The normalized spacial score (nSPS) is 13.6. The molecule has 10 heteroatoms. The summed E-state index contributed by atoms with van der Waals surface area (Å²) in [6, 6.07) is 28.8. The maximum absolute atomic E-state index is 13.5. The van der Waals surface area contributed by atoms with Gasteiger partial charge in [-0.15, -0.1) is 0 Å². The van der Waals surface area contributed by atoms with Crippen LogP contribution in [0.1, 0.15) is 40.6 Å². The van der Waals surface area contributed by atoms with Gasteiger partial charge in [0.05, 0.1) is 35.9 Å². The summed E-state index contributed by atoms with van der Waals surface area (Å²) >= 11 is 0. The van der Waals surface area contributed by atoms with Crippen molar-refractivity contribution in [2.24, 2.45) is 0 Å². The molecule has 1 amide bonds. The molecule has 9 rings (SSSR count). The lowest BCUT2D eigenvalue weighted by Crippen LogP contribution is -2.40. The smallest absolute Gasteiger partial charge is 0.294 e. The number of carbonyl (C=O) groups is 1. The predicted molar refractivity (Wildman–Crippen MR) is 183 cm³/mol. The van der Waals surface area contributed by atoms with E-state index in [4.69, 9.17) is 24.2 Å². The number of pyridine rings is 2. The van der Waals surface area contributed by atoms with Gasteiger partial charge in [0.2, 0.25) is 5.82 Å². The number of fused-ring (bicyclic) bond motifs is 3. The van der Waals surface area contributed by atoms with Crippen LogP contribution in [0.25, 0.3) is 22.2 Å². The Hall–Kier alpha value is -6.03. The van der Waals surface area contributed by atoms with Crippen molar-refractivity contribution in [1.82, 2.24) is 19.9 Å². The molecular weight excluding hydrogens is 604 g/mol. The molecule has 6 heterocycles. The van der Waals surface area contributed by atoms with E-state index in [1.807, 2.05) is 72.8 Å². The lowest BCUT2D eigenvalue weighted by molar-refractivity contribution is 0.101. The number of aromatic nitrogens is 4. The molecule has 3 aliphatic rings. The van der Waals surface area contributed by atoms with Crippen LogP contribution < -0.4 is 24.4 Å². The van der Waals surface area contributed by atoms with E-state index in [2.05, 4.69) is 20.2 Å². The molecule has 3 aliphatic heterocycles. The molecule has 0 saturated carbocycles. The van der Waals surface area contributed by atoms with Crippen LogP contribution >= 0.6 is 0 Å². The minimum Gasteiger partial charge on any atom is -0.493 e. The number of amides is 1. The highest BCUT2D eigenvalue weighted by Gasteiger charge is 2.36. The van der Waals surface area contributed by atoms with E-state index in [-0.39, 0.29) is 5.82 Å². The summed E-state index contributed by atoms with van der Waals surface area (Å²) in [5, 5.41) is 3.62. The van der Waals surface area contributed by atoms with Crippen LogP contribution in [0.3, 0.4) is 0 Å². The second-order valence-corrected chi connectivity index (χ2v) is 11.8. The summed E-state index contributed by atoms with van der Waals surface area (Å²) in [6.07, 6.45) is 5.31. The Labute approximate surface area is 277 Å². The van der Waals surface area contributed by atoms with Crippen molar-refractivity contribution < 1.29 is 19.0 Å². The molecule has 2 bridgehead atoms. The Morgan fingerprint density at radius 3 is 2.42 bits per heavy atom. The molecule has 0 spiro atoms. The van der Waals surface area contributed by atoms with Gasteiger partial charge in [0.15, 0.2) is 11.5 Å². The molecule has 3 aromatic carbocycles. The van der Waals surface area contributed by atoms with Crippen molar-refractivity contribution in [3.63, 3.8) is 0 Å². The molecule has 0 aliphatic carbocycles. The molecule has 6 aromatic rings. The lowest BCUT2D eigenvalue weighted by atomic mass is 9.85. The van der Waals surface area contributed by atoms with Crippen LogP contribution in [0.2, 0.25) is 0 Å². The minimum atomic E-state index is -0.412. The second kappa shape index (κ2) is 12.6. The monoisotopic (exact) mass is 636 g/mol. The number of rotatable bonds is 9. The quantitative estimate of drug-likeness (QED) is 0.173. The average molecular weight is 637 g/mol. The van der Waals surface area contributed by atoms with Gasteiger partial charge in [-0.2, -0.15) is 0 Å². The third-order valence-electron chi connectivity index (χ3n) is 8.79. The number of anilines is 2. The highest BCUT2D eigenvalue weighted by atomic mass is 16.5. The fraction of sp³-hybridized carbons (Fsp3) is 0.184. The third-order valence-corrected chi connectivity index (χ3v) is 8.79. The second-order valence-electron chi connectivity index (χ2n) is 11.8. The van der Waals surface area contributed by atoms with E-state index in [1.54, 1.807) is 37.7 Å². The van der Waals surface area contributed by atoms with E-state index >= 15 is 0 Å². The molecule has 10 nitrogen and oxygen atoms in total. The van der Waals surface area contributed by atoms with Crippen LogP contribution in [0.15, 0.2) is 103 Å². The molecule has 1 N–H and O–H groups in total. The number of piperidine rings is 1. The fourth-order valence-corrected chi connectivity index (χ4v) is 6.38. The maximum atomic E-state index is 13.5. The Kier molecular flexibility index (Phi) is 7.73. The predicted octanol–water partition coefficient (Wildman–Crippen LogP) is 7.42. The van der Waals surface area contributed by atoms with Gasteiger partial charge in [0.25, 0.3) is 5.91 Å². The Morgan fingerprint density at radius 2 is 1.67 bits per heavy atom. The number of hydrogen-bond donors (Lipinski definition) is 1. The fourth-order valence-electron chi connectivity index (χ4n) is 6.38. The zero-order valence-corrected chi connectivity index (χ0v) is 26.3. The van der Waals surface area contributed by atoms with E-state index in [0.29, 0.717) is 46.9 Å². The number of nitrogens with one attached hydrogen (secondary N) is 1. The Balaban J connectivity index is 1.01. The van der Waals surface area contributed by atoms with Crippen molar-refractivity contribution in [3.8, 4) is 34.3 Å². The Bertz CT molecular complexity index is 2100. The summed E-state index contributed by atoms with van der Waals surface area (Å²) in [5.41, 5.74) is 5.51. The summed E-state index contributed by atoms with van der Waals surface area (Å²) in [5.74, 6) is 2.63. The highest BCUT2D eigenvalue weighted by Crippen LogP contribution is 2.45. The highest BCUT2D eigenvalue weighted by molar-refractivity contribution is 6.02. The molecule has 1 saturated heterocycles. The molecule has 3 aromatic heterocycles. The van der Waals surface area contributed by atoms with Gasteiger partial charge in [0.1, 0.15) is 23.9 Å². The van der Waals surface area contributed by atoms with Gasteiger partial charge >= 0.3 is 0 Å². The van der Waals surface area contributed by atoms with Crippen LogP contribution in [-0.2, 0) is 6.61 Å². The first-order valence-corrected chi connectivity index (χ1v) is 15.9. The number of ether oxygens (including phenoxy) is 3. The van der Waals surface area contributed by atoms with Gasteiger partial charge in [0, 0.05) is 42.2 Å². The Morgan fingerprint density at radius 1 is 0.875 bits per heavy atom. The molecule has 238 valence electrons. The minimum absolute atomic E-state index is 0.132. The average Bonchev–Trinajstić information content (AvgIpc) is 3.15. The van der Waals surface area contributed by atoms with E-state index < -0.39 is 5.91 Å². The lowest BCUT2D eigenvalue weighted by Gasteiger charge is -2.42. The molecular formula is C38H32N6O4. The van der Waals surface area contributed by atoms with Gasteiger partial charge in [-0.3, -0.25) is 9.78 Å². The molecule has 0 radical (unpaired) electrons. The zero-order valence-electron chi connectivity index (χ0n) is 26.3. The summed E-state index contributed by atoms with van der Waals surface area (Å²) in [7, 11) is 1.60. The van der Waals surface area contributed by atoms with Crippen molar-refractivity contribution in [1.29, 1.82) is 0 Å². The van der Waals surface area contributed by atoms with Crippen molar-refractivity contribution in [2.45, 2.75) is 25.4 Å².